The first-order valence-corrected chi connectivity index (χ1v) is 11.3. The molecule has 1 aliphatic carbocycles. The van der Waals surface area contributed by atoms with E-state index in [2.05, 4.69) is 15.4 Å². The maximum atomic E-state index is 13.0. The average molecular weight is 464 g/mol. The number of ether oxygens (including phenoxy) is 1. The van der Waals surface area contributed by atoms with Crippen molar-refractivity contribution in [1.29, 1.82) is 0 Å². The van der Waals surface area contributed by atoms with Gasteiger partial charge in [-0.25, -0.2) is 4.79 Å². The van der Waals surface area contributed by atoms with Crippen LogP contribution < -0.4 is 0 Å². The summed E-state index contributed by atoms with van der Waals surface area (Å²) in [4.78, 5) is 29.3. The number of likely N-dealkylation sites (tertiary alicyclic amines) is 2. The summed E-state index contributed by atoms with van der Waals surface area (Å²) < 4.78 is 5.46. The molecule has 164 valence electrons. The van der Waals surface area contributed by atoms with Crippen molar-refractivity contribution in [2.24, 2.45) is 17.8 Å². The Morgan fingerprint density at radius 2 is 1.65 bits per heavy atom. The SMILES string of the molecule is O=C(OCc1cc(Cl)cc(Cl)c1)N1CC2CN(C(=O)C3CCc4n[nH]nc4C3)CC2C1. The summed E-state index contributed by atoms with van der Waals surface area (Å²) in [6.07, 6.45) is 1.92. The van der Waals surface area contributed by atoms with E-state index in [1.54, 1.807) is 23.1 Å². The highest BCUT2D eigenvalue weighted by molar-refractivity contribution is 6.34. The van der Waals surface area contributed by atoms with E-state index in [0.717, 1.165) is 29.8 Å². The van der Waals surface area contributed by atoms with E-state index in [1.807, 2.05) is 4.90 Å². The van der Waals surface area contributed by atoms with E-state index in [4.69, 9.17) is 27.9 Å². The molecule has 0 saturated carbocycles. The van der Waals surface area contributed by atoms with Crippen molar-refractivity contribution in [3.63, 3.8) is 0 Å². The van der Waals surface area contributed by atoms with Gasteiger partial charge in [0.1, 0.15) is 6.61 Å². The predicted molar refractivity (Wildman–Crippen MR) is 114 cm³/mol. The Hall–Kier alpha value is -2.32. The van der Waals surface area contributed by atoms with Crippen molar-refractivity contribution in [3.05, 3.63) is 45.2 Å². The van der Waals surface area contributed by atoms with Crippen molar-refractivity contribution >= 4 is 35.2 Å². The maximum absolute atomic E-state index is 13.0. The van der Waals surface area contributed by atoms with Crippen molar-refractivity contribution < 1.29 is 14.3 Å². The highest BCUT2D eigenvalue weighted by Crippen LogP contribution is 2.34. The molecule has 0 radical (unpaired) electrons. The second-order valence-corrected chi connectivity index (χ2v) is 9.53. The summed E-state index contributed by atoms with van der Waals surface area (Å²) in [5.74, 6) is 0.767. The van der Waals surface area contributed by atoms with Gasteiger partial charge in [0.15, 0.2) is 0 Å². The van der Waals surface area contributed by atoms with Crippen LogP contribution in [0.1, 0.15) is 23.4 Å². The lowest BCUT2D eigenvalue weighted by Crippen LogP contribution is -2.40. The molecule has 0 spiro atoms. The predicted octanol–water partition coefficient (Wildman–Crippen LogP) is 2.94. The number of H-pyrrole nitrogens is 1. The highest BCUT2D eigenvalue weighted by atomic mass is 35.5. The first kappa shape index (κ1) is 20.6. The van der Waals surface area contributed by atoms with E-state index in [9.17, 15) is 9.59 Å². The Morgan fingerprint density at radius 1 is 1.00 bits per heavy atom. The van der Waals surface area contributed by atoms with Crippen LogP contribution in [-0.2, 0) is 29.0 Å². The van der Waals surface area contributed by atoms with Gasteiger partial charge in [0, 0.05) is 60.4 Å². The van der Waals surface area contributed by atoms with Crippen molar-refractivity contribution in [2.45, 2.75) is 25.9 Å². The number of nitrogens with one attached hydrogen (secondary N) is 1. The van der Waals surface area contributed by atoms with Crippen molar-refractivity contribution in [3.8, 4) is 0 Å². The number of benzene rings is 1. The number of hydrogen-bond donors (Lipinski definition) is 1. The second-order valence-electron chi connectivity index (χ2n) is 8.66. The maximum Gasteiger partial charge on any atom is 0.410 e. The monoisotopic (exact) mass is 463 g/mol. The minimum atomic E-state index is -0.339. The summed E-state index contributed by atoms with van der Waals surface area (Å²) in [7, 11) is 0. The molecule has 3 unspecified atom stereocenters. The normalized spacial score (nSPS) is 24.8. The number of aromatic amines is 1. The molecule has 2 aromatic rings. The molecule has 3 heterocycles. The minimum Gasteiger partial charge on any atom is -0.445 e. The van der Waals surface area contributed by atoms with E-state index < -0.39 is 0 Å². The zero-order valence-electron chi connectivity index (χ0n) is 16.9. The Morgan fingerprint density at radius 3 is 2.35 bits per heavy atom. The van der Waals surface area contributed by atoms with Crippen LogP contribution in [0, 0.1) is 17.8 Å². The van der Waals surface area contributed by atoms with E-state index >= 15 is 0 Å². The van der Waals surface area contributed by atoms with Gasteiger partial charge in [-0.1, -0.05) is 23.2 Å². The molecule has 3 aliphatic rings. The lowest BCUT2D eigenvalue weighted by molar-refractivity contribution is -0.135. The van der Waals surface area contributed by atoms with Gasteiger partial charge in [-0.05, 0) is 36.6 Å². The molecule has 0 bridgehead atoms. The van der Waals surface area contributed by atoms with Gasteiger partial charge in [-0.3, -0.25) is 4.79 Å². The zero-order chi connectivity index (χ0) is 21.5. The number of nitrogens with zero attached hydrogens (tertiary/aromatic N) is 4. The first-order chi connectivity index (χ1) is 15.0. The van der Waals surface area contributed by atoms with Crippen molar-refractivity contribution in [2.75, 3.05) is 26.2 Å². The molecule has 31 heavy (non-hydrogen) atoms. The molecule has 3 atom stereocenters. The van der Waals surface area contributed by atoms with Gasteiger partial charge in [0.25, 0.3) is 0 Å². The second kappa shape index (κ2) is 8.31. The standard InChI is InChI=1S/C21H23Cl2N5O3/c22-16-3-12(4-17(23)6-16)11-31-21(30)28-9-14-7-27(8-15(14)10-28)20(29)13-1-2-18-19(5-13)25-26-24-18/h3-4,6,13-15H,1-2,5,7-11H2,(H,24,25,26). The number of fused-ring (bicyclic) bond motifs is 2. The summed E-state index contributed by atoms with van der Waals surface area (Å²) in [6, 6.07) is 5.10. The van der Waals surface area contributed by atoms with Gasteiger partial charge in [-0.2, -0.15) is 15.4 Å². The number of carbonyl (C=O) groups excluding carboxylic acids is 2. The van der Waals surface area contributed by atoms with Crippen LogP contribution in [0.2, 0.25) is 10.0 Å². The summed E-state index contributed by atoms with van der Waals surface area (Å²) in [5, 5.41) is 12.0. The smallest absolute Gasteiger partial charge is 0.410 e. The van der Waals surface area contributed by atoms with Gasteiger partial charge < -0.3 is 14.5 Å². The number of hydrogen-bond acceptors (Lipinski definition) is 5. The molecule has 1 N–H and O–H groups in total. The molecule has 1 aromatic carbocycles. The quantitative estimate of drug-likeness (QED) is 0.755. The Bertz CT molecular complexity index is 978. The number of halogens is 2. The lowest BCUT2D eigenvalue weighted by atomic mass is 9.89. The van der Waals surface area contributed by atoms with Crippen LogP contribution in [0.5, 0.6) is 0 Å². The average Bonchev–Trinajstić information content (AvgIpc) is 3.44. The molecular weight excluding hydrogens is 441 g/mol. The Balaban J connectivity index is 1.12. The number of aryl methyl sites for hydroxylation is 1. The Labute approximate surface area is 189 Å². The third-order valence-electron chi connectivity index (χ3n) is 6.56. The molecule has 8 nitrogen and oxygen atoms in total. The fourth-order valence-corrected chi connectivity index (χ4v) is 5.58. The van der Waals surface area contributed by atoms with Gasteiger partial charge in [0.05, 0.1) is 11.4 Å². The largest absolute Gasteiger partial charge is 0.445 e. The fraction of sp³-hybridized carbons (Fsp3) is 0.524. The number of aromatic nitrogens is 3. The zero-order valence-corrected chi connectivity index (χ0v) is 18.4. The molecule has 2 saturated heterocycles. The van der Waals surface area contributed by atoms with E-state index in [1.165, 1.54) is 0 Å². The van der Waals surface area contributed by atoms with E-state index in [0.29, 0.717) is 54.5 Å². The van der Waals surface area contributed by atoms with Crippen LogP contribution >= 0.6 is 23.2 Å². The molecule has 5 rings (SSSR count). The molecule has 1 aromatic heterocycles. The van der Waals surface area contributed by atoms with E-state index in [-0.39, 0.29) is 24.5 Å². The number of amides is 2. The van der Waals surface area contributed by atoms with Crippen molar-refractivity contribution in [1.82, 2.24) is 25.2 Å². The van der Waals surface area contributed by atoms with Crippen LogP contribution in [0.25, 0.3) is 0 Å². The topological polar surface area (TPSA) is 91.4 Å². The summed E-state index contributed by atoms with van der Waals surface area (Å²) in [6.45, 7) is 2.74. The van der Waals surface area contributed by atoms with Gasteiger partial charge in [0.2, 0.25) is 5.91 Å². The third kappa shape index (κ3) is 4.23. The van der Waals surface area contributed by atoms with Crippen LogP contribution in [0.4, 0.5) is 4.79 Å². The van der Waals surface area contributed by atoms with Crippen LogP contribution in [-0.4, -0.2) is 63.4 Å². The lowest BCUT2D eigenvalue weighted by Gasteiger charge is -2.27. The third-order valence-corrected chi connectivity index (χ3v) is 7.00. The van der Waals surface area contributed by atoms with Gasteiger partial charge >= 0.3 is 6.09 Å². The molecule has 2 fully saturated rings. The minimum absolute atomic E-state index is 0.0259. The van der Waals surface area contributed by atoms with Gasteiger partial charge in [-0.15, -0.1) is 0 Å². The molecule has 10 heteroatoms. The van der Waals surface area contributed by atoms with Crippen LogP contribution in [0.3, 0.4) is 0 Å². The first-order valence-electron chi connectivity index (χ1n) is 10.5. The highest BCUT2D eigenvalue weighted by Gasteiger charge is 2.44. The fourth-order valence-electron chi connectivity index (χ4n) is 5.01. The molecule has 2 amide bonds. The summed E-state index contributed by atoms with van der Waals surface area (Å²) >= 11 is 12.0. The number of rotatable bonds is 3. The molecular formula is C21H23Cl2N5O3. The number of carbonyl (C=O) groups is 2. The Kier molecular flexibility index (Phi) is 5.52. The molecule has 2 aliphatic heterocycles. The van der Waals surface area contributed by atoms with Crippen LogP contribution in [0.15, 0.2) is 18.2 Å². The summed E-state index contributed by atoms with van der Waals surface area (Å²) in [5.41, 5.74) is 2.65.